The van der Waals surface area contributed by atoms with E-state index in [4.69, 9.17) is 0 Å². The van der Waals surface area contributed by atoms with Gasteiger partial charge in [0, 0.05) is 4.90 Å². The minimum Gasteiger partial charge on any atom is -0.348 e. The number of carbonyl (C=O) groups is 1. The Kier molecular flexibility index (Phi) is 4.61. The van der Waals surface area contributed by atoms with Gasteiger partial charge in [-0.3, -0.25) is 4.79 Å². The van der Waals surface area contributed by atoms with Crippen LogP contribution in [0.5, 0.6) is 0 Å². The van der Waals surface area contributed by atoms with Crippen molar-refractivity contribution in [2.45, 2.75) is 23.8 Å². The van der Waals surface area contributed by atoms with Gasteiger partial charge in [0.15, 0.2) is 0 Å². The molecule has 0 radical (unpaired) electrons. The van der Waals surface area contributed by atoms with Crippen LogP contribution in [0.25, 0.3) is 0 Å². The van der Waals surface area contributed by atoms with Gasteiger partial charge < -0.3 is 5.32 Å². The molecule has 3 heteroatoms. The van der Waals surface area contributed by atoms with E-state index in [9.17, 15) is 4.79 Å². The highest BCUT2D eigenvalue weighted by Gasteiger charge is 2.33. The second-order valence-electron chi connectivity index (χ2n) is 5.40. The van der Waals surface area contributed by atoms with Crippen LogP contribution >= 0.6 is 11.8 Å². The Labute approximate surface area is 130 Å². The van der Waals surface area contributed by atoms with Crippen LogP contribution in [0.2, 0.25) is 0 Å². The fraction of sp³-hybridized carbons (Fsp3) is 0.278. The molecule has 1 N–H and O–H groups in total. The lowest BCUT2D eigenvalue weighted by atomic mass is 10.0. The molecular weight excluding hydrogens is 278 g/mol. The topological polar surface area (TPSA) is 29.1 Å². The molecule has 2 nitrogen and oxygen atoms in total. The van der Waals surface area contributed by atoms with Crippen LogP contribution in [0.4, 0.5) is 0 Å². The van der Waals surface area contributed by atoms with E-state index in [0.29, 0.717) is 11.7 Å². The van der Waals surface area contributed by atoms with E-state index >= 15 is 0 Å². The average Bonchev–Trinajstić information content (AvgIpc) is 3.37. The van der Waals surface area contributed by atoms with Crippen LogP contribution in [-0.4, -0.2) is 11.7 Å². The summed E-state index contributed by atoms with van der Waals surface area (Å²) >= 11 is 1.59. The second-order valence-corrected chi connectivity index (χ2v) is 6.44. The molecule has 0 heterocycles. The van der Waals surface area contributed by atoms with Crippen LogP contribution in [0, 0.1) is 5.92 Å². The first-order valence-corrected chi connectivity index (χ1v) is 8.33. The molecule has 0 aromatic heterocycles. The van der Waals surface area contributed by atoms with E-state index in [1.54, 1.807) is 11.8 Å². The van der Waals surface area contributed by atoms with E-state index in [1.165, 1.54) is 18.4 Å². The molecule has 0 saturated heterocycles. The van der Waals surface area contributed by atoms with Crippen LogP contribution in [0.3, 0.4) is 0 Å². The Hall–Kier alpha value is -1.74. The van der Waals surface area contributed by atoms with Crippen molar-refractivity contribution in [3.63, 3.8) is 0 Å². The molecule has 1 fully saturated rings. The van der Waals surface area contributed by atoms with E-state index in [0.717, 1.165) is 4.90 Å². The van der Waals surface area contributed by atoms with Gasteiger partial charge in [0.25, 0.3) is 0 Å². The Morgan fingerprint density at radius 1 is 1.05 bits per heavy atom. The van der Waals surface area contributed by atoms with Gasteiger partial charge in [0.05, 0.1) is 11.8 Å². The van der Waals surface area contributed by atoms with Crippen molar-refractivity contribution in [3.05, 3.63) is 66.2 Å². The van der Waals surface area contributed by atoms with Crippen molar-refractivity contribution in [1.82, 2.24) is 5.32 Å². The number of nitrogens with one attached hydrogen (secondary N) is 1. The van der Waals surface area contributed by atoms with Crippen molar-refractivity contribution in [3.8, 4) is 0 Å². The highest BCUT2D eigenvalue weighted by atomic mass is 32.2. The highest BCUT2D eigenvalue weighted by Crippen LogP contribution is 2.40. The molecule has 1 atom stereocenters. The number of benzene rings is 2. The van der Waals surface area contributed by atoms with E-state index < -0.39 is 0 Å². The molecule has 2 aromatic carbocycles. The van der Waals surface area contributed by atoms with Crippen LogP contribution in [0.1, 0.15) is 24.4 Å². The molecule has 0 bridgehead atoms. The second kappa shape index (κ2) is 6.81. The molecular formula is C18H19NOS. The van der Waals surface area contributed by atoms with Crippen molar-refractivity contribution in [1.29, 1.82) is 0 Å². The van der Waals surface area contributed by atoms with Crippen molar-refractivity contribution in [2.24, 2.45) is 5.92 Å². The van der Waals surface area contributed by atoms with Gasteiger partial charge >= 0.3 is 0 Å². The quantitative estimate of drug-likeness (QED) is 0.815. The summed E-state index contributed by atoms with van der Waals surface area (Å²) in [6.07, 6.45) is 2.43. The molecule has 1 aliphatic rings. The zero-order valence-corrected chi connectivity index (χ0v) is 12.7. The average molecular weight is 297 g/mol. The minimum atomic E-state index is 0.115. The van der Waals surface area contributed by atoms with Crippen molar-refractivity contribution in [2.75, 3.05) is 5.75 Å². The monoisotopic (exact) mass is 297 g/mol. The maximum atomic E-state index is 12.2. The predicted octanol–water partition coefficient (Wildman–Crippen LogP) is 4.05. The summed E-state index contributed by atoms with van der Waals surface area (Å²) in [6, 6.07) is 20.5. The normalized spacial score (nSPS) is 15.4. The van der Waals surface area contributed by atoms with Gasteiger partial charge in [-0.25, -0.2) is 0 Å². The van der Waals surface area contributed by atoms with Gasteiger partial charge in [-0.2, -0.15) is 0 Å². The van der Waals surface area contributed by atoms with Gasteiger partial charge in [-0.05, 0) is 36.5 Å². The number of carbonyl (C=O) groups excluding carboxylic acids is 1. The molecule has 108 valence electrons. The molecule has 1 unspecified atom stereocenters. The van der Waals surface area contributed by atoms with Gasteiger partial charge in [-0.15, -0.1) is 11.8 Å². The van der Waals surface area contributed by atoms with E-state index in [2.05, 4.69) is 17.4 Å². The predicted molar refractivity (Wildman–Crippen MR) is 87.2 cm³/mol. The van der Waals surface area contributed by atoms with Crippen molar-refractivity contribution >= 4 is 17.7 Å². The molecule has 0 aliphatic heterocycles. The summed E-state index contributed by atoms with van der Waals surface area (Å²) in [4.78, 5) is 13.3. The molecule has 1 saturated carbocycles. The number of amides is 1. The van der Waals surface area contributed by atoms with E-state index in [-0.39, 0.29) is 11.9 Å². The smallest absolute Gasteiger partial charge is 0.230 e. The van der Waals surface area contributed by atoms with Crippen molar-refractivity contribution < 1.29 is 4.79 Å². The van der Waals surface area contributed by atoms with Crippen LogP contribution < -0.4 is 5.32 Å². The summed E-state index contributed by atoms with van der Waals surface area (Å²) in [7, 11) is 0. The molecule has 1 amide bonds. The highest BCUT2D eigenvalue weighted by molar-refractivity contribution is 8.00. The summed E-state index contributed by atoms with van der Waals surface area (Å²) in [6.45, 7) is 0. The maximum Gasteiger partial charge on any atom is 0.230 e. The Morgan fingerprint density at radius 3 is 2.29 bits per heavy atom. The molecule has 21 heavy (non-hydrogen) atoms. The third-order valence-electron chi connectivity index (χ3n) is 3.68. The number of hydrogen-bond donors (Lipinski definition) is 1. The van der Waals surface area contributed by atoms with Crippen LogP contribution in [0.15, 0.2) is 65.6 Å². The number of hydrogen-bond acceptors (Lipinski definition) is 2. The number of rotatable bonds is 6. The third kappa shape index (κ3) is 4.11. The third-order valence-corrected chi connectivity index (χ3v) is 4.69. The van der Waals surface area contributed by atoms with Gasteiger partial charge in [0.2, 0.25) is 5.91 Å². The summed E-state index contributed by atoms with van der Waals surface area (Å²) in [5.41, 5.74) is 1.22. The van der Waals surface area contributed by atoms with Gasteiger partial charge in [0.1, 0.15) is 0 Å². The lowest BCUT2D eigenvalue weighted by molar-refractivity contribution is -0.119. The summed E-state index contributed by atoms with van der Waals surface area (Å²) in [5, 5.41) is 3.21. The molecule has 2 aromatic rings. The fourth-order valence-electron chi connectivity index (χ4n) is 2.44. The minimum absolute atomic E-state index is 0.115. The first kappa shape index (κ1) is 14.2. The largest absolute Gasteiger partial charge is 0.348 e. The Bertz CT molecular complexity index is 581. The molecule has 3 rings (SSSR count). The number of thioether (sulfide) groups is 1. The fourth-order valence-corrected chi connectivity index (χ4v) is 3.17. The van der Waals surface area contributed by atoms with Gasteiger partial charge in [-0.1, -0.05) is 48.5 Å². The lowest BCUT2D eigenvalue weighted by Gasteiger charge is -2.18. The summed E-state index contributed by atoms with van der Waals surface area (Å²) < 4.78 is 0. The lowest BCUT2D eigenvalue weighted by Crippen LogP contribution is -2.31. The first-order chi connectivity index (χ1) is 10.3. The van der Waals surface area contributed by atoms with Crippen LogP contribution in [-0.2, 0) is 4.79 Å². The maximum absolute atomic E-state index is 12.2. The van der Waals surface area contributed by atoms with E-state index in [1.807, 2.05) is 48.5 Å². The Morgan fingerprint density at radius 2 is 1.67 bits per heavy atom. The summed E-state index contributed by atoms with van der Waals surface area (Å²) in [5.74, 6) is 1.20. The first-order valence-electron chi connectivity index (χ1n) is 7.35. The zero-order valence-electron chi connectivity index (χ0n) is 11.9. The Balaban J connectivity index is 1.57. The zero-order chi connectivity index (χ0) is 14.5. The molecule has 0 spiro atoms. The SMILES string of the molecule is O=C(CSc1ccccc1)NC(c1ccccc1)C1CC1. The molecule has 1 aliphatic carbocycles. The standard InChI is InChI=1S/C18H19NOS/c20-17(13-21-16-9-5-2-6-10-16)19-18(15-11-12-15)14-7-3-1-4-8-14/h1-10,15,18H,11-13H2,(H,19,20).